The van der Waals surface area contributed by atoms with E-state index >= 15 is 0 Å². The summed E-state index contributed by atoms with van der Waals surface area (Å²) in [6, 6.07) is 4.85. The first-order valence-corrected chi connectivity index (χ1v) is 6.65. The number of benzene rings is 1. The van der Waals surface area contributed by atoms with Gasteiger partial charge in [0.2, 0.25) is 0 Å². The molecule has 0 spiro atoms. The molecular weight excluding hydrogens is 242 g/mol. The van der Waals surface area contributed by atoms with Crippen LogP contribution in [0.1, 0.15) is 44.9 Å². The van der Waals surface area contributed by atoms with Gasteiger partial charge in [-0.05, 0) is 45.0 Å². The summed E-state index contributed by atoms with van der Waals surface area (Å²) in [5.74, 6) is 0.0571. The van der Waals surface area contributed by atoms with Crippen LogP contribution in [0.4, 0.5) is 0 Å². The highest BCUT2D eigenvalue weighted by Gasteiger charge is 2.23. The van der Waals surface area contributed by atoms with Gasteiger partial charge in [-0.2, -0.15) is 0 Å². The first kappa shape index (κ1) is 16.0. The van der Waals surface area contributed by atoms with Crippen molar-refractivity contribution in [3.05, 3.63) is 29.3 Å². The molecule has 1 unspecified atom stereocenters. The topological polar surface area (TPSA) is 63.9 Å². The lowest BCUT2D eigenvalue weighted by Crippen LogP contribution is -2.43. The lowest BCUT2D eigenvalue weighted by Gasteiger charge is -2.36. The minimum Gasteiger partial charge on any atom is -0.508 e. The molecule has 19 heavy (non-hydrogen) atoms. The lowest BCUT2D eigenvalue weighted by molar-refractivity contribution is 0.0624. The van der Waals surface area contributed by atoms with Gasteiger partial charge in [-0.15, -0.1) is 0 Å². The van der Waals surface area contributed by atoms with Crippen LogP contribution in [0.5, 0.6) is 5.75 Å². The normalized spacial score (nSPS) is 13.8. The van der Waals surface area contributed by atoms with E-state index in [2.05, 4.69) is 32.6 Å². The predicted octanol–water partition coefficient (Wildman–Crippen LogP) is 2.04. The van der Waals surface area contributed by atoms with Gasteiger partial charge in [-0.3, -0.25) is 4.90 Å². The molecule has 1 rings (SSSR count). The molecule has 0 aliphatic carbocycles. The number of phenols is 1. The third-order valence-corrected chi connectivity index (χ3v) is 3.38. The molecule has 4 heteroatoms. The molecule has 0 saturated heterocycles. The Balaban J connectivity index is 2.85. The van der Waals surface area contributed by atoms with Crippen LogP contribution >= 0.6 is 0 Å². The minimum atomic E-state index is -0.634. The first-order chi connectivity index (χ1) is 8.79. The molecule has 1 atom stereocenters. The minimum absolute atomic E-state index is 0.00748. The molecule has 0 bridgehead atoms. The molecule has 0 aliphatic heterocycles. The SMILES string of the molecule is CCN(CC(O)c1ccc(O)c(CO)c1)C(C)(C)C. The van der Waals surface area contributed by atoms with Crippen molar-refractivity contribution in [2.45, 2.75) is 45.9 Å². The van der Waals surface area contributed by atoms with E-state index < -0.39 is 6.10 Å². The molecule has 0 aromatic heterocycles. The summed E-state index contributed by atoms with van der Waals surface area (Å²) in [5, 5.41) is 28.9. The molecule has 0 aliphatic rings. The van der Waals surface area contributed by atoms with E-state index in [4.69, 9.17) is 5.11 Å². The fourth-order valence-electron chi connectivity index (χ4n) is 2.13. The maximum atomic E-state index is 10.3. The average molecular weight is 267 g/mol. The van der Waals surface area contributed by atoms with Crippen LogP contribution in [0.3, 0.4) is 0 Å². The van der Waals surface area contributed by atoms with Crippen LogP contribution in [-0.4, -0.2) is 38.8 Å². The highest BCUT2D eigenvalue weighted by molar-refractivity contribution is 5.36. The number of β-amino-alcohol motifs (C(OH)–C–C–N with tert-alkyl or cyclic N) is 1. The van der Waals surface area contributed by atoms with E-state index in [1.807, 2.05) is 0 Å². The fraction of sp³-hybridized carbons (Fsp3) is 0.600. The number of likely N-dealkylation sites (N-methyl/N-ethyl adjacent to an activating group) is 1. The monoisotopic (exact) mass is 267 g/mol. The van der Waals surface area contributed by atoms with Gasteiger partial charge in [-0.25, -0.2) is 0 Å². The Bertz CT molecular complexity index is 412. The third-order valence-electron chi connectivity index (χ3n) is 3.38. The molecule has 108 valence electrons. The molecule has 3 N–H and O–H groups in total. The van der Waals surface area contributed by atoms with Crippen LogP contribution in [0.2, 0.25) is 0 Å². The first-order valence-electron chi connectivity index (χ1n) is 6.65. The van der Waals surface area contributed by atoms with E-state index in [9.17, 15) is 10.2 Å². The molecular formula is C15H25NO3. The van der Waals surface area contributed by atoms with E-state index in [1.165, 1.54) is 6.07 Å². The van der Waals surface area contributed by atoms with Crippen molar-refractivity contribution in [2.24, 2.45) is 0 Å². The van der Waals surface area contributed by atoms with Crippen molar-refractivity contribution in [1.29, 1.82) is 0 Å². The molecule has 0 amide bonds. The van der Waals surface area contributed by atoms with Crippen molar-refractivity contribution >= 4 is 0 Å². The Hall–Kier alpha value is -1.10. The van der Waals surface area contributed by atoms with Crippen molar-refractivity contribution in [1.82, 2.24) is 4.90 Å². The summed E-state index contributed by atoms with van der Waals surface area (Å²) in [4.78, 5) is 2.18. The number of aliphatic hydroxyl groups is 2. The maximum absolute atomic E-state index is 10.3. The third kappa shape index (κ3) is 4.20. The zero-order valence-electron chi connectivity index (χ0n) is 12.2. The van der Waals surface area contributed by atoms with Crippen molar-refractivity contribution in [3.63, 3.8) is 0 Å². The fourth-order valence-corrected chi connectivity index (χ4v) is 2.13. The summed E-state index contributed by atoms with van der Waals surface area (Å²) in [7, 11) is 0. The molecule has 1 aromatic carbocycles. The van der Waals surface area contributed by atoms with Crippen molar-refractivity contribution in [2.75, 3.05) is 13.1 Å². The second-order valence-corrected chi connectivity index (χ2v) is 5.77. The summed E-state index contributed by atoms with van der Waals surface area (Å²) < 4.78 is 0. The van der Waals surface area contributed by atoms with Gasteiger partial charge < -0.3 is 15.3 Å². The summed E-state index contributed by atoms with van der Waals surface area (Å²) in [5.41, 5.74) is 1.15. The lowest BCUT2D eigenvalue weighted by atomic mass is 10.0. The van der Waals surface area contributed by atoms with Gasteiger partial charge >= 0.3 is 0 Å². The predicted molar refractivity (Wildman–Crippen MR) is 76.0 cm³/mol. The quantitative estimate of drug-likeness (QED) is 0.764. The van der Waals surface area contributed by atoms with Gasteiger partial charge in [0.25, 0.3) is 0 Å². The van der Waals surface area contributed by atoms with Gasteiger partial charge in [-0.1, -0.05) is 13.0 Å². The van der Waals surface area contributed by atoms with Gasteiger partial charge in [0, 0.05) is 17.6 Å². The second kappa shape index (κ2) is 6.37. The number of rotatable bonds is 5. The zero-order chi connectivity index (χ0) is 14.6. The Labute approximate surface area is 115 Å². The summed E-state index contributed by atoms with van der Waals surface area (Å²) >= 11 is 0. The van der Waals surface area contributed by atoms with Gasteiger partial charge in [0.05, 0.1) is 12.7 Å². The van der Waals surface area contributed by atoms with E-state index in [0.717, 1.165) is 6.54 Å². The van der Waals surface area contributed by atoms with Crippen molar-refractivity contribution < 1.29 is 15.3 Å². The van der Waals surface area contributed by atoms with Crippen LogP contribution in [0.15, 0.2) is 18.2 Å². The number of hydrogen-bond donors (Lipinski definition) is 3. The number of hydrogen-bond acceptors (Lipinski definition) is 4. The van der Waals surface area contributed by atoms with E-state index in [0.29, 0.717) is 17.7 Å². The van der Waals surface area contributed by atoms with Crippen molar-refractivity contribution in [3.8, 4) is 5.75 Å². The standard InChI is InChI=1S/C15H25NO3/c1-5-16(15(2,3)4)9-14(19)11-6-7-13(18)12(8-11)10-17/h6-8,14,17-19H,5,9-10H2,1-4H3. The Morgan fingerprint density at radius 2 is 1.89 bits per heavy atom. The van der Waals surface area contributed by atoms with E-state index in [-0.39, 0.29) is 17.9 Å². The molecule has 0 fully saturated rings. The molecule has 1 aromatic rings. The second-order valence-electron chi connectivity index (χ2n) is 5.77. The highest BCUT2D eigenvalue weighted by Crippen LogP contribution is 2.24. The average Bonchev–Trinajstić information content (AvgIpc) is 2.34. The number of aromatic hydroxyl groups is 1. The van der Waals surface area contributed by atoms with Crippen LogP contribution < -0.4 is 0 Å². The highest BCUT2D eigenvalue weighted by atomic mass is 16.3. The van der Waals surface area contributed by atoms with Crippen LogP contribution in [0.25, 0.3) is 0 Å². The molecule has 0 radical (unpaired) electrons. The molecule has 0 heterocycles. The van der Waals surface area contributed by atoms with Crippen LogP contribution in [-0.2, 0) is 6.61 Å². The van der Waals surface area contributed by atoms with Gasteiger partial charge in [0.1, 0.15) is 5.75 Å². The Kier molecular flexibility index (Phi) is 5.35. The van der Waals surface area contributed by atoms with Gasteiger partial charge in [0.15, 0.2) is 0 Å². The Morgan fingerprint density at radius 1 is 1.26 bits per heavy atom. The summed E-state index contributed by atoms with van der Waals surface area (Å²) in [6.07, 6.45) is -0.634. The maximum Gasteiger partial charge on any atom is 0.121 e. The molecule has 0 saturated carbocycles. The zero-order valence-corrected chi connectivity index (χ0v) is 12.2. The molecule has 4 nitrogen and oxygen atoms in total. The largest absolute Gasteiger partial charge is 0.508 e. The number of nitrogens with zero attached hydrogens (tertiary/aromatic N) is 1. The smallest absolute Gasteiger partial charge is 0.121 e. The van der Waals surface area contributed by atoms with Crippen LogP contribution in [0, 0.1) is 0 Å². The Morgan fingerprint density at radius 3 is 2.37 bits per heavy atom. The summed E-state index contributed by atoms with van der Waals surface area (Å²) in [6.45, 7) is 9.54. The number of aliphatic hydroxyl groups excluding tert-OH is 2. The van der Waals surface area contributed by atoms with E-state index in [1.54, 1.807) is 12.1 Å².